The molecule has 5 atom stereocenters. The van der Waals surface area contributed by atoms with E-state index in [1.54, 1.807) is 0 Å². The lowest BCUT2D eigenvalue weighted by molar-refractivity contribution is -0.165. The van der Waals surface area contributed by atoms with Gasteiger partial charge in [-0.2, -0.15) is 0 Å². The second-order valence-electron chi connectivity index (χ2n) is 8.03. The molecule has 1 N–H and O–H groups in total. The highest BCUT2D eigenvalue weighted by Crippen LogP contribution is 2.39. The molecule has 170 valence electrons. The Labute approximate surface area is 180 Å². The first kappa shape index (κ1) is 26.1. The maximum absolute atomic E-state index is 11.7. The number of aliphatic hydroxyl groups is 1. The number of hydrogen-bond acceptors (Lipinski definition) is 6. The lowest BCUT2D eigenvalue weighted by Crippen LogP contribution is -2.27. The first-order valence-electron chi connectivity index (χ1n) is 11.1. The summed E-state index contributed by atoms with van der Waals surface area (Å²) in [5, 5.41) is 10.4. The number of esters is 2. The van der Waals surface area contributed by atoms with E-state index in [1.165, 1.54) is 33.3 Å². The van der Waals surface area contributed by atoms with Crippen molar-refractivity contribution >= 4 is 18.2 Å². The third-order valence-electron chi connectivity index (χ3n) is 5.70. The Hall–Kier alpha value is -1.95. The number of carbonyl (C=O) groups excluding carboxylic acids is 3. The molecular formula is C24H38O6. The molecule has 30 heavy (non-hydrogen) atoms. The fourth-order valence-electron chi connectivity index (χ4n) is 4.05. The van der Waals surface area contributed by atoms with Crippen molar-refractivity contribution in [3.05, 3.63) is 24.3 Å². The summed E-state index contributed by atoms with van der Waals surface area (Å²) in [6.07, 6.45) is 15.6. The number of ether oxygens (including phenoxy) is 2. The minimum atomic E-state index is -0.906. The Morgan fingerprint density at radius 3 is 2.53 bits per heavy atom. The van der Waals surface area contributed by atoms with Gasteiger partial charge in [-0.15, -0.1) is 0 Å². The van der Waals surface area contributed by atoms with Gasteiger partial charge in [-0.05, 0) is 50.4 Å². The van der Waals surface area contributed by atoms with Crippen LogP contribution in [-0.2, 0) is 23.9 Å². The summed E-state index contributed by atoms with van der Waals surface area (Å²) in [6, 6.07) is 0. The van der Waals surface area contributed by atoms with Gasteiger partial charge in [0.2, 0.25) is 0 Å². The molecule has 1 unspecified atom stereocenters. The molecule has 0 aliphatic heterocycles. The van der Waals surface area contributed by atoms with Crippen molar-refractivity contribution in [1.82, 2.24) is 0 Å². The number of carbonyl (C=O) groups is 3. The van der Waals surface area contributed by atoms with Crippen molar-refractivity contribution in [2.45, 2.75) is 83.8 Å². The van der Waals surface area contributed by atoms with E-state index in [4.69, 9.17) is 4.74 Å². The Bertz CT molecular complexity index is 582. The molecule has 0 spiro atoms. The average Bonchev–Trinajstić information content (AvgIpc) is 3.03. The fourth-order valence-corrected chi connectivity index (χ4v) is 4.05. The SMILES string of the molecule is CCCCCC/C=C/[C@@H]1[C@@H](C/C=C\CCC(OC(C)=O)C(=O)OC)[C@@H](O)C[C@H]1C=O. The second kappa shape index (κ2) is 14.9. The van der Waals surface area contributed by atoms with Gasteiger partial charge in [-0.1, -0.05) is 50.5 Å². The Kier molecular flexibility index (Phi) is 13.0. The van der Waals surface area contributed by atoms with E-state index < -0.39 is 24.1 Å². The molecule has 0 amide bonds. The molecule has 0 aromatic rings. The van der Waals surface area contributed by atoms with Crippen molar-refractivity contribution in [3.63, 3.8) is 0 Å². The number of unbranched alkanes of at least 4 members (excludes halogenated alkanes) is 4. The maximum atomic E-state index is 11.7. The zero-order valence-corrected chi connectivity index (χ0v) is 18.6. The van der Waals surface area contributed by atoms with Crippen LogP contribution in [0, 0.1) is 17.8 Å². The number of methoxy groups -OCH3 is 1. The van der Waals surface area contributed by atoms with Crippen molar-refractivity contribution in [3.8, 4) is 0 Å². The van der Waals surface area contributed by atoms with Gasteiger partial charge in [0.1, 0.15) is 6.29 Å². The van der Waals surface area contributed by atoms with E-state index in [0.717, 1.165) is 19.1 Å². The van der Waals surface area contributed by atoms with Crippen LogP contribution in [0.1, 0.15) is 71.6 Å². The minimum absolute atomic E-state index is 0.00761. The molecule has 1 rings (SSSR count). The molecule has 1 aliphatic carbocycles. The molecule has 1 aliphatic rings. The predicted octanol–water partition coefficient (Wildman–Crippen LogP) is 4.16. The van der Waals surface area contributed by atoms with E-state index in [2.05, 4.69) is 23.8 Å². The molecule has 0 heterocycles. The molecule has 0 aromatic carbocycles. The van der Waals surface area contributed by atoms with E-state index in [1.807, 2.05) is 12.2 Å². The molecule has 1 saturated carbocycles. The van der Waals surface area contributed by atoms with E-state index >= 15 is 0 Å². The van der Waals surface area contributed by atoms with Crippen LogP contribution in [-0.4, -0.2) is 42.6 Å². The lowest BCUT2D eigenvalue weighted by Gasteiger charge is -2.19. The van der Waals surface area contributed by atoms with Gasteiger partial charge in [0.05, 0.1) is 13.2 Å². The number of aliphatic hydroxyl groups excluding tert-OH is 1. The Balaban J connectivity index is 2.56. The Morgan fingerprint density at radius 1 is 1.13 bits per heavy atom. The zero-order valence-electron chi connectivity index (χ0n) is 18.6. The van der Waals surface area contributed by atoms with Gasteiger partial charge in [-0.25, -0.2) is 4.79 Å². The standard InChI is InChI=1S/C24H38O6/c1-4-5-6-7-8-10-13-20-19(17-25)16-22(27)21(20)14-11-9-12-15-23(24(28)29-3)30-18(2)26/h9-11,13,17,19-23,27H,4-8,12,14-16H2,1-3H3/b11-9-,13-10+/t19-,20-,21+,22-,23?/m0/s1. The monoisotopic (exact) mass is 422 g/mol. The van der Waals surface area contributed by atoms with Crippen LogP contribution < -0.4 is 0 Å². The van der Waals surface area contributed by atoms with Crippen LogP contribution in [0.5, 0.6) is 0 Å². The summed E-state index contributed by atoms with van der Waals surface area (Å²) in [6.45, 7) is 3.45. The average molecular weight is 423 g/mol. The van der Waals surface area contributed by atoms with Crippen LogP contribution in [0.4, 0.5) is 0 Å². The number of aldehydes is 1. The van der Waals surface area contributed by atoms with Gasteiger partial charge in [0, 0.05) is 12.8 Å². The summed E-state index contributed by atoms with van der Waals surface area (Å²) in [5.74, 6) is -1.17. The normalized spacial score (nSPS) is 24.9. The van der Waals surface area contributed by atoms with Gasteiger partial charge in [-0.3, -0.25) is 4.79 Å². The quantitative estimate of drug-likeness (QED) is 0.196. The highest BCUT2D eigenvalue weighted by atomic mass is 16.6. The summed E-state index contributed by atoms with van der Waals surface area (Å²) in [7, 11) is 1.26. The zero-order chi connectivity index (χ0) is 22.4. The van der Waals surface area contributed by atoms with Gasteiger partial charge >= 0.3 is 11.9 Å². The van der Waals surface area contributed by atoms with Crippen molar-refractivity contribution in [2.24, 2.45) is 17.8 Å². The van der Waals surface area contributed by atoms with Crippen LogP contribution in [0.2, 0.25) is 0 Å². The Morgan fingerprint density at radius 2 is 1.90 bits per heavy atom. The largest absolute Gasteiger partial charge is 0.466 e. The van der Waals surface area contributed by atoms with Crippen LogP contribution in [0.15, 0.2) is 24.3 Å². The maximum Gasteiger partial charge on any atom is 0.347 e. The summed E-state index contributed by atoms with van der Waals surface area (Å²) >= 11 is 0. The fraction of sp³-hybridized carbons (Fsp3) is 0.708. The highest BCUT2D eigenvalue weighted by molar-refractivity contribution is 5.78. The van der Waals surface area contributed by atoms with Gasteiger partial charge < -0.3 is 19.4 Å². The number of rotatable bonds is 14. The molecule has 0 bridgehead atoms. The van der Waals surface area contributed by atoms with Crippen LogP contribution in [0.25, 0.3) is 0 Å². The van der Waals surface area contributed by atoms with Gasteiger partial charge in [0.15, 0.2) is 6.10 Å². The lowest BCUT2D eigenvalue weighted by atomic mass is 9.86. The van der Waals surface area contributed by atoms with Crippen molar-refractivity contribution < 1.29 is 29.0 Å². The molecular weight excluding hydrogens is 384 g/mol. The first-order chi connectivity index (χ1) is 14.4. The number of hydrogen-bond donors (Lipinski definition) is 1. The molecule has 0 saturated heterocycles. The molecule has 1 fully saturated rings. The summed E-state index contributed by atoms with van der Waals surface area (Å²) in [4.78, 5) is 34.2. The highest BCUT2D eigenvalue weighted by Gasteiger charge is 2.40. The molecule has 0 radical (unpaired) electrons. The van der Waals surface area contributed by atoms with Crippen molar-refractivity contribution in [2.75, 3.05) is 7.11 Å². The first-order valence-corrected chi connectivity index (χ1v) is 11.1. The third kappa shape index (κ3) is 9.24. The third-order valence-corrected chi connectivity index (χ3v) is 5.70. The second-order valence-corrected chi connectivity index (χ2v) is 8.03. The van der Waals surface area contributed by atoms with Crippen LogP contribution in [0.3, 0.4) is 0 Å². The summed E-state index contributed by atoms with van der Waals surface area (Å²) < 4.78 is 9.65. The predicted molar refractivity (Wildman–Crippen MR) is 116 cm³/mol. The van der Waals surface area contributed by atoms with E-state index in [0.29, 0.717) is 25.7 Å². The smallest absolute Gasteiger partial charge is 0.347 e. The minimum Gasteiger partial charge on any atom is -0.466 e. The summed E-state index contributed by atoms with van der Waals surface area (Å²) in [5.41, 5.74) is 0. The van der Waals surface area contributed by atoms with Crippen LogP contribution >= 0.6 is 0 Å². The van der Waals surface area contributed by atoms with Crippen molar-refractivity contribution in [1.29, 1.82) is 0 Å². The van der Waals surface area contributed by atoms with E-state index in [-0.39, 0.29) is 17.8 Å². The topological polar surface area (TPSA) is 89.9 Å². The molecule has 6 nitrogen and oxygen atoms in total. The van der Waals surface area contributed by atoms with E-state index in [9.17, 15) is 19.5 Å². The molecule has 0 aromatic heterocycles. The number of allylic oxidation sites excluding steroid dienone is 4. The van der Waals surface area contributed by atoms with Gasteiger partial charge in [0.25, 0.3) is 0 Å². The molecule has 6 heteroatoms.